The van der Waals surface area contributed by atoms with Crippen molar-refractivity contribution < 1.29 is 19.4 Å². The summed E-state index contributed by atoms with van der Waals surface area (Å²) < 4.78 is 6.33. The second kappa shape index (κ2) is 7.99. The Bertz CT molecular complexity index is 676. The zero-order valence-electron chi connectivity index (χ0n) is 15.9. The lowest BCUT2D eigenvalue weighted by Crippen LogP contribution is -2.34. The Hall–Kier alpha value is -1.56. The number of hydrogen-bond donors (Lipinski definition) is 1. The summed E-state index contributed by atoms with van der Waals surface area (Å²) >= 11 is 3.42. The third-order valence-electron chi connectivity index (χ3n) is 5.55. The molecule has 1 amide bonds. The van der Waals surface area contributed by atoms with Crippen molar-refractivity contribution >= 4 is 28.0 Å². The molecule has 0 radical (unpaired) electrons. The minimum Gasteiger partial charge on any atom is -0.481 e. The fourth-order valence-corrected chi connectivity index (χ4v) is 3.80. The van der Waals surface area contributed by atoms with Crippen LogP contribution in [0.4, 0.5) is 4.79 Å². The molecule has 0 saturated carbocycles. The third kappa shape index (κ3) is 4.58. The van der Waals surface area contributed by atoms with Gasteiger partial charge in [0.1, 0.15) is 6.10 Å². The van der Waals surface area contributed by atoms with Gasteiger partial charge in [-0.3, -0.25) is 4.79 Å². The lowest BCUT2D eigenvalue weighted by Gasteiger charge is -2.30. The summed E-state index contributed by atoms with van der Waals surface area (Å²) in [6.45, 7) is 6.61. The molecule has 2 unspecified atom stereocenters. The van der Waals surface area contributed by atoms with E-state index in [1.807, 2.05) is 24.3 Å². The molecule has 0 spiro atoms. The number of nitrogens with zero attached hydrogens (tertiary/aromatic N) is 1. The van der Waals surface area contributed by atoms with Gasteiger partial charge in [0.25, 0.3) is 0 Å². The molecule has 2 rings (SSSR count). The predicted octanol–water partition coefficient (Wildman–Crippen LogP) is 4.83. The van der Waals surface area contributed by atoms with Crippen LogP contribution in [0.3, 0.4) is 0 Å². The lowest BCUT2D eigenvalue weighted by molar-refractivity contribution is -0.143. The number of ether oxygens (including phenoxy) is 1. The molecule has 1 fully saturated rings. The summed E-state index contributed by atoms with van der Waals surface area (Å²) in [7, 11) is 1.74. The number of cyclic esters (lactones) is 1. The van der Waals surface area contributed by atoms with Crippen molar-refractivity contribution in [1.82, 2.24) is 4.90 Å². The summed E-state index contributed by atoms with van der Waals surface area (Å²) in [5.41, 5.74) is -0.228. The quantitative estimate of drug-likeness (QED) is 0.605. The molecule has 0 aromatic heterocycles. The minimum absolute atomic E-state index is 0.115. The number of aliphatic carboxylic acids is 1. The molecule has 1 aromatic rings. The predicted molar refractivity (Wildman–Crippen MR) is 104 cm³/mol. The Morgan fingerprint density at radius 1 is 1.31 bits per heavy atom. The first kappa shape index (κ1) is 20.7. The minimum atomic E-state index is -0.909. The van der Waals surface area contributed by atoms with Crippen LogP contribution in [0.5, 0.6) is 0 Å². The molecule has 6 heteroatoms. The normalized spacial score (nSPS) is 20.0. The second-order valence-corrected chi connectivity index (χ2v) is 9.01. The zero-order chi connectivity index (χ0) is 19.5. The molecule has 1 N–H and O–H groups in total. The SMILES string of the molecule is CN1CC(C(C)(C)CCCCC(C)(C(=O)O)c2cccc(Br)c2)OC1=O. The molecule has 1 aliphatic heterocycles. The van der Waals surface area contributed by atoms with E-state index in [4.69, 9.17) is 4.74 Å². The van der Waals surface area contributed by atoms with Crippen LogP contribution in [0.1, 0.15) is 52.0 Å². The Morgan fingerprint density at radius 3 is 2.50 bits per heavy atom. The Kier molecular flexibility index (Phi) is 6.37. The number of benzene rings is 1. The largest absolute Gasteiger partial charge is 0.481 e. The molecule has 0 aliphatic carbocycles. The van der Waals surface area contributed by atoms with Crippen LogP contribution >= 0.6 is 15.9 Å². The number of rotatable bonds is 8. The molecule has 1 heterocycles. The van der Waals surface area contributed by atoms with Gasteiger partial charge >= 0.3 is 12.1 Å². The smallest absolute Gasteiger partial charge is 0.409 e. The molecular weight excluding hydrogens is 398 g/mol. The number of halogens is 1. The lowest BCUT2D eigenvalue weighted by atomic mass is 9.76. The topological polar surface area (TPSA) is 66.8 Å². The maximum Gasteiger partial charge on any atom is 0.409 e. The van der Waals surface area contributed by atoms with E-state index in [9.17, 15) is 14.7 Å². The third-order valence-corrected chi connectivity index (χ3v) is 6.04. The highest BCUT2D eigenvalue weighted by Crippen LogP contribution is 2.36. The average Bonchev–Trinajstić information content (AvgIpc) is 2.91. The number of carboxylic acid groups (broad SMARTS) is 1. The van der Waals surface area contributed by atoms with Gasteiger partial charge in [-0.15, -0.1) is 0 Å². The molecule has 1 saturated heterocycles. The average molecular weight is 426 g/mol. The van der Waals surface area contributed by atoms with E-state index in [2.05, 4.69) is 29.8 Å². The van der Waals surface area contributed by atoms with E-state index in [1.54, 1.807) is 18.9 Å². The number of carbonyl (C=O) groups is 2. The van der Waals surface area contributed by atoms with Crippen molar-refractivity contribution in [3.63, 3.8) is 0 Å². The molecule has 1 aromatic carbocycles. The number of hydrogen-bond acceptors (Lipinski definition) is 3. The Balaban J connectivity index is 1.94. The number of carbonyl (C=O) groups excluding carboxylic acids is 1. The first-order chi connectivity index (χ1) is 12.1. The van der Waals surface area contributed by atoms with E-state index >= 15 is 0 Å². The molecule has 26 heavy (non-hydrogen) atoms. The highest BCUT2D eigenvalue weighted by molar-refractivity contribution is 9.10. The maximum atomic E-state index is 11.9. The van der Waals surface area contributed by atoms with Crippen molar-refractivity contribution in [2.75, 3.05) is 13.6 Å². The molecule has 0 bridgehead atoms. The summed E-state index contributed by atoms with van der Waals surface area (Å²) in [5.74, 6) is -0.804. The van der Waals surface area contributed by atoms with Crippen molar-refractivity contribution in [2.45, 2.75) is 58.0 Å². The first-order valence-electron chi connectivity index (χ1n) is 8.97. The monoisotopic (exact) mass is 425 g/mol. The van der Waals surface area contributed by atoms with Gasteiger partial charge < -0.3 is 14.7 Å². The molecule has 5 nitrogen and oxygen atoms in total. The van der Waals surface area contributed by atoms with Crippen molar-refractivity contribution in [1.29, 1.82) is 0 Å². The molecule has 144 valence electrons. The standard InChI is InChI=1S/C20H28BrNO4/c1-19(2,16-13-22(4)18(25)26-16)10-5-6-11-20(3,17(23)24)14-8-7-9-15(21)12-14/h7-9,12,16H,5-6,10-11,13H2,1-4H3,(H,23,24). The van der Waals surface area contributed by atoms with Crippen LogP contribution in [-0.2, 0) is 14.9 Å². The van der Waals surface area contributed by atoms with Crippen LogP contribution in [0.15, 0.2) is 28.7 Å². The van der Waals surface area contributed by atoms with Gasteiger partial charge in [0.15, 0.2) is 0 Å². The van der Waals surface area contributed by atoms with E-state index in [0.717, 1.165) is 29.3 Å². The first-order valence-corrected chi connectivity index (χ1v) is 9.77. The summed E-state index contributed by atoms with van der Waals surface area (Å²) in [6, 6.07) is 7.52. The van der Waals surface area contributed by atoms with Gasteiger partial charge in [0, 0.05) is 16.9 Å². The van der Waals surface area contributed by atoms with Crippen LogP contribution < -0.4 is 0 Å². The number of unbranched alkanes of at least 4 members (excludes halogenated alkanes) is 1. The fraction of sp³-hybridized carbons (Fsp3) is 0.600. The van der Waals surface area contributed by atoms with Gasteiger partial charge in [-0.2, -0.15) is 0 Å². The number of carboxylic acids is 1. The Labute approximate surface area is 163 Å². The molecular formula is C20H28BrNO4. The Morgan fingerprint density at radius 2 is 1.96 bits per heavy atom. The van der Waals surface area contributed by atoms with Crippen molar-refractivity contribution in [2.24, 2.45) is 5.41 Å². The number of likely N-dealkylation sites (N-methyl/N-ethyl adjacent to an activating group) is 1. The van der Waals surface area contributed by atoms with E-state index in [-0.39, 0.29) is 17.6 Å². The van der Waals surface area contributed by atoms with E-state index in [0.29, 0.717) is 13.0 Å². The second-order valence-electron chi connectivity index (χ2n) is 8.10. The van der Waals surface area contributed by atoms with E-state index in [1.165, 1.54) is 0 Å². The zero-order valence-corrected chi connectivity index (χ0v) is 17.5. The highest BCUT2D eigenvalue weighted by atomic mass is 79.9. The number of amides is 1. The van der Waals surface area contributed by atoms with Crippen LogP contribution in [0, 0.1) is 5.41 Å². The van der Waals surface area contributed by atoms with Crippen molar-refractivity contribution in [3.05, 3.63) is 34.3 Å². The summed E-state index contributed by atoms with van der Waals surface area (Å²) in [4.78, 5) is 25.1. The van der Waals surface area contributed by atoms with Crippen LogP contribution in [0.25, 0.3) is 0 Å². The van der Waals surface area contributed by atoms with Gasteiger partial charge in [-0.1, -0.05) is 54.8 Å². The molecule has 2 atom stereocenters. The summed E-state index contributed by atoms with van der Waals surface area (Å²) in [6.07, 6.45) is 2.76. The van der Waals surface area contributed by atoms with Gasteiger partial charge in [-0.25, -0.2) is 4.79 Å². The molecule has 1 aliphatic rings. The highest BCUT2D eigenvalue weighted by Gasteiger charge is 2.40. The van der Waals surface area contributed by atoms with Crippen LogP contribution in [-0.4, -0.2) is 41.8 Å². The maximum absolute atomic E-state index is 11.9. The van der Waals surface area contributed by atoms with Gasteiger partial charge in [0.05, 0.1) is 12.0 Å². The van der Waals surface area contributed by atoms with E-state index < -0.39 is 11.4 Å². The van der Waals surface area contributed by atoms with Crippen molar-refractivity contribution in [3.8, 4) is 0 Å². The van der Waals surface area contributed by atoms with Gasteiger partial charge in [0.2, 0.25) is 0 Å². The fourth-order valence-electron chi connectivity index (χ4n) is 3.41. The van der Waals surface area contributed by atoms with Crippen LogP contribution in [0.2, 0.25) is 0 Å². The van der Waals surface area contributed by atoms with Gasteiger partial charge in [-0.05, 0) is 37.5 Å². The summed E-state index contributed by atoms with van der Waals surface area (Å²) in [5, 5.41) is 9.79.